The molecule has 182 valence electrons. The zero-order valence-corrected chi connectivity index (χ0v) is 20.2. The fourth-order valence-electron chi connectivity index (χ4n) is 6.06. The van der Waals surface area contributed by atoms with Gasteiger partial charge in [-0.1, -0.05) is 13.8 Å². The van der Waals surface area contributed by atoms with Gasteiger partial charge in [0.25, 0.3) is 0 Å². The standard InChI is InChI=1S/C26H38FN3O3/c1-4-33-26(32)30-23-9-10-24(30)16-19(15-23)17-28-13-11-22(12-14-28)29(25(31)18(2)3)21-7-5-20(27)6-8-21/h5-8,18-19,22-24H,4,9-17H2,1-3H3. The van der Waals surface area contributed by atoms with E-state index in [1.807, 2.05) is 30.6 Å². The molecule has 0 aromatic heterocycles. The van der Waals surface area contributed by atoms with Crippen LogP contribution in [0.3, 0.4) is 0 Å². The smallest absolute Gasteiger partial charge is 0.410 e. The number of amides is 2. The zero-order valence-electron chi connectivity index (χ0n) is 20.2. The normalized spacial score (nSPS) is 26.0. The largest absolute Gasteiger partial charge is 0.450 e. The summed E-state index contributed by atoms with van der Waals surface area (Å²) in [7, 11) is 0. The summed E-state index contributed by atoms with van der Waals surface area (Å²) in [5.74, 6) is 0.319. The number of carbonyl (C=O) groups excluding carboxylic acids is 2. The van der Waals surface area contributed by atoms with Crippen molar-refractivity contribution in [1.29, 1.82) is 0 Å². The third-order valence-corrected chi connectivity index (χ3v) is 7.58. The lowest BCUT2D eigenvalue weighted by Gasteiger charge is -2.43. The van der Waals surface area contributed by atoms with Crippen LogP contribution >= 0.6 is 0 Å². The van der Waals surface area contributed by atoms with Gasteiger partial charge < -0.3 is 19.4 Å². The summed E-state index contributed by atoms with van der Waals surface area (Å²) in [6.07, 6.45) is 6.00. The first-order valence-corrected chi connectivity index (χ1v) is 12.6. The van der Waals surface area contributed by atoms with Crippen LogP contribution in [0.2, 0.25) is 0 Å². The molecular weight excluding hydrogens is 421 g/mol. The molecule has 2 unspecified atom stereocenters. The zero-order chi connectivity index (χ0) is 23.5. The Morgan fingerprint density at radius 2 is 1.67 bits per heavy atom. The number of hydrogen-bond donors (Lipinski definition) is 0. The number of likely N-dealkylation sites (tertiary alicyclic amines) is 1. The third kappa shape index (κ3) is 5.34. The van der Waals surface area contributed by atoms with E-state index in [0.29, 0.717) is 24.6 Å². The van der Waals surface area contributed by atoms with Gasteiger partial charge in [0, 0.05) is 49.4 Å². The van der Waals surface area contributed by atoms with E-state index >= 15 is 0 Å². The van der Waals surface area contributed by atoms with Gasteiger partial charge in [-0.3, -0.25) is 4.79 Å². The molecule has 3 heterocycles. The second-order valence-electron chi connectivity index (χ2n) is 10.2. The van der Waals surface area contributed by atoms with Crippen LogP contribution in [0.4, 0.5) is 14.9 Å². The van der Waals surface area contributed by atoms with E-state index < -0.39 is 0 Å². The fourth-order valence-corrected chi connectivity index (χ4v) is 6.06. The minimum Gasteiger partial charge on any atom is -0.450 e. The van der Waals surface area contributed by atoms with E-state index in [-0.39, 0.29) is 29.8 Å². The Morgan fingerprint density at radius 3 is 2.21 bits per heavy atom. The number of hydrogen-bond acceptors (Lipinski definition) is 4. The molecule has 7 heteroatoms. The maximum absolute atomic E-state index is 13.5. The lowest BCUT2D eigenvalue weighted by Crippen LogP contribution is -2.51. The predicted octanol–water partition coefficient (Wildman–Crippen LogP) is 4.68. The van der Waals surface area contributed by atoms with Gasteiger partial charge in [-0.05, 0) is 75.6 Å². The van der Waals surface area contributed by atoms with Gasteiger partial charge in [-0.25, -0.2) is 9.18 Å². The molecule has 0 spiro atoms. The molecule has 4 rings (SSSR count). The van der Waals surface area contributed by atoms with Gasteiger partial charge in [0.1, 0.15) is 5.82 Å². The number of nitrogens with zero attached hydrogens (tertiary/aromatic N) is 3. The molecule has 2 bridgehead atoms. The number of rotatable bonds is 6. The highest BCUT2D eigenvalue weighted by Gasteiger charge is 2.44. The summed E-state index contributed by atoms with van der Waals surface area (Å²) < 4.78 is 18.7. The lowest BCUT2D eigenvalue weighted by molar-refractivity contribution is -0.122. The minimum absolute atomic E-state index is 0.1000. The van der Waals surface area contributed by atoms with Gasteiger partial charge in [-0.15, -0.1) is 0 Å². The van der Waals surface area contributed by atoms with Crippen molar-refractivity contribution in [2.24, 2.45) is 11.8 Å². The molecule has 3 fully saturated rings. The number of ether oxygens (including phenoxy) is 1. The maximum atomic E-state index is 13.5. The Morgan fingerprint density at radius 1 is 1.06 bits per heavy atom. The molecule has 0 N–H and O–H groups in total. The maximum Gasteiger partial charge on any atom is 0.410 e. The summed E-state index contributed by atoms with van der Waals surface area (Å²) in [5.41, 5.74) is 0.788. The van der Waals surface area contributed by atoms with Crippen molar-refractivity contribution in [3.63, 3.8) is 0 Å². The summed E-state index contributed by atoms with van der Waals surface area (Å²) in [5, 5.41) is 0. The Labute approximate surface area is 197 Å². The van der Waals surface area contributed by atoms with Gasteiger partial charge >= 0.3 is 6.09 Å². The lowest BCUT2D eigenvalue weighted by atomic mass is 9.89. The molecular formula is C26H38FN3O3. The quantitative estimate of drug-likeness (QED) is 0.620. The molecule has 33 heavy (non-hydrogen) atoms. The highest BCUT2D eigenvalue weighted by molar-refractivity contribution is 5.95. The fraction of sp³-hybridized carbons (Fsp3) is 0.692. The molecule has 1 aromatic rings. The summed E-state index contributed by atoms with van der Waals surface area (Å²) in [6, 6.07) is 7.09. The summed E-state index contributed by atoms with van der Waals surface area (Å²) in [4.78, 5) is 31.8. The van der Waals surface area contributed by atoms with Crippen molar-refractivity contribution < 1.29 is 18.7 Å². The van der Waals surface area contributed by atoms with Gasteiger partial charge in [0.05, 0.1) is 6.61 Å². The summed E-state index contributed by atoms with van der Waals surface area (Å²) in [6.45, 7) is 9.12. The SMILES string of the molecule is CCOC(=O)N1C2CCC1CC(CN1CCC(N(C(=O)C(C)C)c3ccc(F)cc3)CC1)C2. The minimum atomic E-state index is -0.284. The van der Waals surface area contributed by atoms with E-state index in [1.165, 1.54) is 12.1 Å². The predicted molar refractivity (Wildman–Crippen MR) is 127 cm³/mol. The molecule has 0 saturated carbocycles. The second kappa shape index (κ2) is 10.4. The van der Waals surface area contributed by atoms with Gasteiger partial charge in [0.2, 0.25) is 5.91 Å². The second-order valence-corrected chi connectivity index (χ2v) is 10.2. The van der Waals surface area contributed by atoms with Crippen molar-refractivity contribution in [1.82, 2.24) is 9.80 Å². The molecule has 1 aromatic carbocycles. The van der Waals surface area contributed by atoms with Crippen LogP contribution in [0.25, 0.3) is 0 Å². The Kier molecular flexibility index (Phi) is 7.57. The number of fused-ring (bicyclic) bond motifs is 2. The van der Waals surface area contributed by atoms with Crippen molar-refractivity contribution in [3.05, 3.63) is 30.1 Å². The van der Waals surface area contributed by atoms with Crippen molar-refractivity contribution >= 4 is 17.7 Å². The Balaban J connectivity index is 1.33. The van der Waals surface area contributed by atoms with E-state index in [1.54, 1.807) is 12.1 Å². The Bertz CT molecular complexity index is 809. The molecule has 3 aliphatic rings. The average Bonchev–Trinajstić information content (AvgIpc) is 3.07. The van der Waals surface area contributed by atoms with Crippen LogP contribution in [0.5, 0.6) is 0 Å². The molecule has 0 radical (unpaired) electrons. The first-order chi connectivity index (χ1) is 15.9. The number of benzene rings is 1. The number of piperidine rings is 2. The first kappa shape index (κ1) is 24.0. The molecule has 0 aliphatic carbocycles. The van der Waals surface area contributed by atoms with Crippen LogP contribution in [0, 0.1) is 17.7 Å². The number of anilines is 1. The van der Waals surface area contributed by atoms with Crippen molar-refractivity contribution in [3.8, 4) is 0 Å². The van der Waals surface area contributed by atoms with E-state index in [9.17, 15) is 14.0 Å². The van der Waals surface area contributed by atoms with Crippen LogP contribution in [0.1, 0.15) is 59.3 Å². The van der Waals surface area contributed by atoms with Crippen LogP contribution < -0.4 is 4.90 Å². The van der Waals surface area contributed by atoms with Crippen LogP contribution in [0.15, 0.2) is 24.3 Å². The third-order valence-electron chi connectivity index (χ3n) is 7.58. The van der Waals surface area contributed by atoms with E-state index in [0.717, 1.165) is 63.8 Å². The van der Waals surface area contributed by atoms with E-state index in [2.05, 4.69) is 4.90 Å². The highest BCUT2D eigenvalue weighted by atomic mass is 19.1. The summed E-state index contributed by atoms with van der Waals surface area (Å²) >= 11 is 0. The van der Waals surface area contributed by atoms with Gasteiger partial charge in [0.15, 0.2) is 0 Å². The monoisotopic (exact) mass is 459 g/mol. The van der Waals surface area contributed by atoms with Gasteiger partial charge in [-0.2, -0.15) is 0 Å². The average molecular weight is 460 g/mol. The van der Waals surface area contributed by atoms with Crippen LogP contribution in [-0.2, 0) is 9.53 Å². The molecule has 2 amide bonds. The molecule has 2 atom stereocenters. The highest BCUT2D eigenvalue weighted by Crippen LogP contribution is 2.39. The molecule has 6 nitrogen and oxygen atoms in total. The Hall–Kier alpha value is -2.15. The van der Waals surface area contributed by atoms with Crippen molar-refractivity contribution in [2.75, 3.05) is 31.1 Å². The number of carbonyl (C=O) groups is 2. The topological polar surface area (TPSA) is 53.1 Å². The number of halogens is 1. The first-order valence-electron chi connectivity index (χ1n) is 12.6. The van der Waals surface area contributed by atoms with Crippen LogP contribution in [-0.4, -0.2) is 66.2 Å². The molecule has 3 saturated heterocycles. The van der Waals surface area contributed by atoms with Crippen molar-refractivity contribution in [2.45, 2.75) is 77.4 Å². The molecule has 3 aliphatic heterocycles. The van der Waals surface area contributed by atoms with E-state index in [4.69, 9.17) is 4.74 Å².